The smallest absolute Gasteiger partial charge is 0.410 e. The van der Waals surface area contributed by atoms with Crippen LogP contribution in [0.2, 0.25) is 0 Å². The largest absolute Gasteiger partial charge is 0.494 e. The van der Waals surface area contributed by atoms with E-state index in [-0.39, 0.29) is 6.09 Å². The van der Waals surface area contributed by atoms with Crippen molar-refractivity contribution in [2.75, 3.05) is 25.4 Å². The maximum Gasteiger partial charge on any atom is 0.410 e. The molecule has 0 bridgehead atoms. The molecule has 1 aromatic heterocycles. The molecule has 0 atom stereocenters. The third kappa shape index (κ3) is 4.59. The molecule has 2 aromatic rings. The second kappa shape index (κ2) is 7.43. The summed E-state index contributed by atoms with van der Waals surface area (Å²) in [4.78, 5) is 13.9. The average molecular weight is 360 g/mol. The van der Waals surface area contributed by atoms with Gasteiger partial charge in [0, 0.05) is 24.5 Å². The zero-order valence-electron chi connectivity index (χ0n) is 15.7. The fraction of sp³-hybridized carbons (Fsp3) is 0.579. The van der Waals surface area contributed by atoms with E-state index in [0.717, 1.165) is 49.0 Å². The number of carbonyl (C=O) groups excluding carboxylic acids is 1. The number of aromatic amines is 1. The predicted octanol–water partition coefficient (Wildman–Crippen LogP) is 3.56. The van der Waals surface area contributed by atoms with Gasteiger partial charge in [-0.15, -0.1) is 0 Å². The van der Waals surface area contributed by atoms with Crippen LogP contribution in [0.3, 0.4) is 0 Å². The van der Waals surface area contributed by atoms with Gasteiger partial charge in [-0.25, -0.2) is 4.79 Å². The Morgan fingerprint density at radius 2 is 2.08 bits per heavy atom. The minimum Gasteiger partial charge on any atom is -0.494 e. The molecule has 0 spiro atoms. The lowest BCUT2D eigenvalue weighted by Crippen LogP contribution is -2.41. The number of aromatic nitrogens is 2. The number of benzene rings is 1. The first-order valence-electron chi connectivity index (χ1n) is 9.16. The van der Waals surface area contributed by atoms with Crippen LogP contribution in [-0.2, 0) is 4.74 Å². The Morgan fingerprint density at radius 3 is 2.77 bits per heavy atom. The standard InChI is InChI=1S/C19H28N4O3/c1-19(2,3)26-18(24)23-9-6-13(7-10-23)8-11-25-14-4-5-15-16(12-14)21-22-17(15)20/h4-5,12-13H,6-11H2,1-3H3,(H3,20,21,22). The van der Waals surface area contributed by atoms with Crippen LogP contribution in [0.4, 0.5) is 10.6 Å². The van der Waals surface area contributed by atoms with Crippen molar-refractivity contribution in [2.45, 2.75) is 45.6 Å². The molecular weight excluding hydrogens is 332 g/mol. The van der Waals surface area contributed by atoms with E-state index in [1.165, 1.54) is 0 Å². The number of fused-ring (bicyclic) bond motifs is 1. The summed E-state index contributed by atoms with van der Waals surface area (Å²) >= 11 is 0. The molecule has 1 aromatic carbocycles. The molecular formula is C19H28N4O3. The first kappa shape index (κ1) is 18.4. The van der Waals surface area contributed by atoms with E-state index < -0.39 is 5.60 Å². The lowest BCUT2D eigenvalue weighted by atomic mass is 9.94. The van der Waals surface area contributed by atoms with Gasteiger partial charge in [-0.1, -0.05) is 0 Å². The molecule has 3 rings (SSSR count). The Morgan fingerprint density at radius 1 is 1.35 bits per heavy atom. The Kier molecular flexibility index (Phi) is 5.25. The highest BCUT2D eigenvalue weighted by Crippen LogP contribution is 2.25. The molecule has 26 heavy (non-hydrogen) atoms. The molecule has 0 radical (unpaired) electrons. The highest BCUT2D eigenvalue weighted by molar-refractivity contribution is 5.89. The lowest BCUT2D eigenvalue weighted by molar-refractivity contribution is 0.0177. The van der Waals surface area contributed by atoms with Crippen molar-refractivity contribution in [3.63, 3.8) is 0 Å². The van der Waals surface area contributed by atoms with Gasteiger partial charge < -0.3 is 20.1 Å². The molecule has 3 N–H and O–H groups in total. The zero-order valence-corrected chi connectivity index (χ0v) is 15.7. The van der Waals surface area contributed by atoms with Crippen LogP contribution in [0.1, 0.15) is 40.0 Å². The third-order valence-electron chi connectivity index (χ3n) is 4.62. The number of likely N-dealkylation sites (tertiary alicyclic amines) is 1. The van der Waals surface area contributed by atoms with Crippen molar-refractivity contribution in [1.82, 2.24) is 15.1 Å². The fourth-order valence-corrected chi connectivity index (χ4v) is 3.18. The van der Waals surface area contributed by atoms with Crippen molar-refractivity contribution in [1.29, 1.82) is 0 Å². The third-order valence-corrected chi connectivity index (χ3v) is 4.62. The summed E-state index contributed by atoms with van der Waals surface area (Å²) in [6.07, 6.45) is 2.74. The van der Waals surface area contributed by atoms with E-state index in [1.807, 2.05) is 39.0 Å². The number of H-pyrrole nitrogens is 1. The Hall–Kier alpha value is -2.44. The molecule has 0 unspecified atom stereocenters. The van der Waals surface area contributed by atoms with Crippen molar-refractivity contribution in [3.05, 3.63) is 18.2 Å². The van der Waals surface area contributed by atoms with E-state index in [2.05, 4.69) is 10.2 Å². The summed E-state index contributed by atoms with van der Waals surface area (Å²) in [5, 5.41) is 7.79. The first-order valence-corrected chi connectivity index (χ1v) is 9.16. The van der Waals surface area contributed by atoms with E-state index in [0.29, 0.717) is 18.3 Å². The Balaban J connectivity index is 1.41. The molecule has 1 amide bonds. The molecule has 142 valence electrons. The quantitative estimate of drug-likeness (QED) is 0.869. The van der Waals surface area contributed by atoms with Crippen molar-refractivity contribution < 1.29 is 14.3 Å². The summed E-state index contributed by atoms with van der Waals surface area (Å²) in [5.41, 5.74) is 6.21. The Bertz CT molecular complexity index is 758. The minimum absolute atomic E-state index is 0.209. The van der Waals surface area contributed by atoms with Crippen molar-refractivity contribution in [2.24, 2.45) is 5.92 Å². The van der Waals surface area contributed by atoms with Crippen LogP contribution in [0, 0.1) is 5.92 Å². The summed E-state index contributed by atoms with van der Waals surface area (Å²) in [7, 11) is 0. The molecule has 7 nitrogen and oxygen atoms in total. The van der Waals surface area contributed by atoms with Gasteiger partial charge in [0.15, 0.2) is 5.82 Å². The van der Waals surface area contributed by atoms with Crippen LogP contribution in [0.25, 0.3) is 10.9 Å². The van der Waals surface area contributed by atoms with Gasteiger partial charge in [-0.2, -0.15) is 5.10 Å². The minimum atomic E-state index is -0.442. The predicted molar refractivity (Wildman–Crippen MR) is 101 cm³/mol. The van der Waals surface area contributed by atoms with E-state index >= 15 is 0 Å². The van der Waals surface area contributed by atoms with Crippen LogP contribution in [0.15, 0.2) is 18.2 Å². The zero-order chi connectivity index (χ0) is 18.7. The number of amides is 1. The van der Waals surface area contributed by atoms with Crippen LogP contribution < -0.4 is 10.5 Å². The van der Waals surface area contributed by atoms with Gasteiger partial charge in [-0.05, 0) is 58.1 Å². The topological polar surface area (TPSA) is 93.5 Å². The van der Waals surface area contributed by atoms with Gasteiger partial charge in [0.25, 0.3) is 0 Å². The second-order valence-electron chi connectivity index (χ2n) is 7.86. The number of nitrogens with two attached hydrogens (primary N) is 1. The number of carbonyl (C=O) groups is 1. The number of nitrogens with one attached hydrogen (secondary N) is 1. The summed E-state index contributed by atoms with van der Waals surface area (Å²) in [6, 6.07) is 5.76. The van der Waals surface area contributed by atoms with Crippen LogP contribution >= 0.6 is 0 Å². The number of hydrogen-bond acceptors (Lipinski definition) is 5. The number of nitrogen functional groups attached to an aromatic ring is 1. The number of nitrogens with zero attached hydrogens (tertiary/aromatic N) is 2. The van der Waals surface area contributed by atoms with Gasteiger partial charge in [0.1, 0.15) is 11.4 Å². The molecule has 7 heteroatoms. The van der Waals surface area contributed by atoms with Gasteiger partial charge >= 0.3 is 6.09 Å². The van der Waals surface area contributed by atoms with Crippen LogP contribution in [0.5, 0.6) is 5.75 Å². The van der Waals surface area contributed by atoms with E-state index in [1.54, 1.807) is 4.90 Å². The first-order chi connectivity index (χ1) is 12.3. The number of piperidine rings is 1. The highest BCUT2D eigenvalue weighted by Gasteiger charge is 2.26. The molecule has 1 aliphatic rings. The van der Waals surface area contributed by atoms with Gasteiger partial charge in [-0.3, -0.25) is 5.10 Å². The highest BCUT2D eigenvalue weighted by atomic mass is 16.6. The second-order valence-corrected chi connectivity index (χ2v) is 7.86. The fourth-order valence-electron chi connectivity index (χ4n) is 3.18. The maximum atomic E-state index is 12.1. The summed E-state index contributed by atoms with van der Waals surface area (Å²) < 4.78 is 11.3. The normalized spacial score (nSPS) is 16.0. The van der Waals surface area contributed by atoms with E-state index in [4.69, 9.17) is 15.2 Å². The van der Waals surface area contributed by atoms with Crippen LogP contribution in [-0.4, -0.2) is 46.5 Å². The van der Waals surface area contributed by atoms with Crippen molar-refractivity contribution >= 4 is 22.8 Å². The molecule has 2 heterocycles. The molecule has 1 saturated heterocycles. The molecule has 0 saturated carbocycles. The number of anilines is 1. The SMILES string of the molecule is CC(C)(C)OC(=O)N1CCC(CCOc2ccc3c(N)n[nH]c3c2)CC1. The molecule has 1 aliphatic heterocycles. The van der Waals surface area contributed by atoms with Gasteiger partial charge in [0.05, 0.1) is 12.1 Å². The summed E-state index contributed by atoms with van der Waals surface area (Å²) in [5.74, 6) is 1.89. The average Bonchev–Trinajstić information content (AvgIpc) is 2.95. The maximum absolute atomic E-state index is 12.1. The molecule has 0 aliphatic carbocycles. The number of hydrogen-bond donors (Lipinski definition) is 2. The monoisotopic (exact) mass is 360 g/mol. The molecule has 1 fully saturated rings. The number of ether oxygens (including phenoxy) is 2. The Labute approximate surface area is 153 Å². The summed E-state index contributed by atoms with van der Waals surface area (Å²) in [6.45, 7) is 7.84. The lowest BCUT2D eigenvalue weighted by Gasteiger charge is -2.33. The van der Waals surface area contributed by atoms with Gasteiger partial charge in [0.2, 0.25) is 0 Å². The van der Waals surface area contributed by atoms with Crippen molar-refractivity contribution in [3.8, 4) is 5.75 Å². The van der Waals surface area contributed by atoms with E-state index in [9.17, 15) is 4.79 Å². The number of rotatable bonds is 4.